The lowest BCUT2D eigenvalue weighted by Gasteiger charge is -1.94. The monoisotopic (exact) mass is 225 g/mol. The van der Waals surface area contributed by atoms with Gasteiger partial charge in [-0.2, -0.15) is 0 Å². The van der Waals surface area contributed by atoms with Crippen LogP contribution in [0.25, 0.3) is 11.1 Å². The van der Waals surface area contributed by atoms with Crippen LogP contribution in [-0.4, -0.2) is 15.0 Å². The zero-order chi connectivity index (χ0) is 11.5. The maximum atomic E-state index is 5.62. The zero-order valence-electron chi connectivity index (χ0n) is 9.21. The van der Waals surface area contributed by atoms with Crippen LogP contribution in [0.4, 0.5) is 0 Å². The average Bonchev–Trinajstić information content (AvgIpc) is 2.80. The fraction of sp³-hybridized carbons (Fsp3) is 0.154. The number of hydrogen-bond donors (Lipinski definition) is 0. The summed E-state index contributed by atoms with van der Waals surface area (Å²) in [6.07, 6.45) is 4.95. The normalized spacial score (nSPS) is 10.8. The molecule has 4 heteroatoms. The van der Waals surface area contributed by atoms with Crippen LogP contribution >= 0.6 is 0 Å². The van der Waals surface area contributed by atoms with E-state index in [1.165, 1.54) is 0 Å². The first-order chi connectivity index (χ1) is 8.42. The lowest BCUT2D eigenvalue weighted by Crippen LogP contribution is -1.96. The van der Waals surface area contributed by atoms with Crippen molar-refractivity contribution in [3.63, 3.8) is 0 Å². The number of aryl methyl sites for hydroxylation is 2. The summed E-state index contributed by atoms with van der Waals surface area (Å²) in [6, 6.07) is 9.57. The molecule has 0 unspecified atom stereocenters. The highest BCUT2D eigenvalue weighted by Crippen LogP contribution is 2.15. The van der Waals surface area contributed by atoms with Crippen LogP contribution in [0.2, 0.25) is 0 Å². The summed E-state index contributed by atoms with van der Waals surface area (Å²) in [5, 5.41) is 0. The number of aromatic nitrogens is 3. The Kier molecular flexibility index (Phi) is 2.54. The summed E-state index contributed by atoms with van der Waals surface area (Å²) in [5.41, 5.74) is 1.73. The summed E-state index contributed by atoms with van der Waals surface area (Å²) in [4.78, 5) is 12.7. The minimum absolute atomic E-state index is 0.721. The smallest absolute Gasteiger partial charge is 0.195 e. The quantitative estimate of drug-likeness (QED) is 0.686. The standard InChI is InChI=1S/C13H11N3O/c1-2-5-11-10(4-1)16-13(17-11)7-6-12-14-8-3-9-15-12/h1-5,8-9H,6-7H2. The van der Waals surface area contributed by atoms with Crippen LogP contribution < -0.4 is 0 Å². The van der Waals surface area contributed by atoms with Gasteiger partial charge in [-0.25, -0.2) is 15.0 Å². The molecule has 84 valence electrons. The third-order valence-corrected chi connectivity index (χ3v) is 2.52. The molecule has 0 atom stereocenters. The first kappa shape index (κ1) is 9.96. The van der Waals surface area contributed by atoms with Gasteiger partial charge in [0.1, 0.15) is 11.3 Å². The van der Waals surface area contributed by atoms with E-state index < -0.39 is 0 Å². The molecule has 0 aliphatic rings. The third kappa shape index (κ3) is 2.15. The minimum Gasteiger partial charge on any atom is -0.441 e. The Labute approximate surface area is 98.4 Å². The molecule has 0 N–H and O–H groups in total. The lowest BCUT2D eigenvalue weighted by atomic mass is 10.3. The molecule has 0 radical (unpaired) electrons. The number of oxazole rings is 1. The Balaban J connectivity index is 1.77. The van der Waals surface area contributed by atoms with Gasteiger partial charge in [-0.1, -0.05) is 12.1 Å². The van der Waals surface area contributed by atoms with Crippen molar-refractivity contribution in [1.82, 2.24) is 15.0 Å². The molecule has 1 aromatic carbocycles. The second-order valence-corrected chi connectivity index (χ2v) is 3.74. The van der Waals surface area contributed by atoms with Gasteiger partial charge in [-0.15, -0.1) is 0 Å². The number of hydrogen-bond acceptors (Lipinski definition) is 4. The molecule has 0 aliphatic heterocycles. The molecule has 2 aromatic heterocycles. The summed E-state index contributed by atoms with van der Waals surface area (Å²) in [7, 11) is 0. The average molecular weight is 225 g/mol. The summed E-state index contributed by atoms with van der Waals surface area (Å²) >= 11 is 0. The van der Waals surface area contributed by atoms with E-state index in [2.05, 4.69) is 15.0 Å². The summed E-state index contributed by atoms with van der Waals surface area (Å²) in [6.45, 7) is 0. The summed E-state index contributed by atoms with van der Waals surface area (Å²) in [5.74, 6) is 1.55. The van der Waals surface area contributed by atoms with Crippen LogP contribution in [0, 0.1) is 0 Å². The van der Waals surface area contributed by atoms with Crippen molar-refractivity contribution in [3.8, 4) is 0 Å². The van der Waals surface area contributed by atoms with E-state index in [4.69, 9.17) is 4.42 Å². The van der Waals surface area contributed by atoms with Crippen LogP contribution in [0.5, 0.6) is 0 Å². The fourth-order valence-corrected chi connectivity index (χ4v) is 1.70. The largest absolute Gasteiger partial charge is 0.441 e. The van der Waals surface area contributed by atoms with Gasteiger partial charge in [0.25, 0.3) is 0 Å². The Bertz CT molecular complexity index is 586. The number of benzene rings is 1. The molecule has 0 saturated carbocycles. The van der Waals surface area contributed by atoms with Crippen LogP contribution in [0.1, 0.15) is 11.7 Å². The first-order valence-electron chi connectivity index (χ1n) is 5.52. The maximum Gasteiger partial charge on any atom is 0.195 e. The molecule has 0 aliphatic carbocycles. The van der Waals surface area contributed by atoms with Crippen LogP contribution in [-0.2, 0) is 12.8 Å². The maximum absolute atomic E-state index is 5.62. The molecule has 0 amide bonds. The highest BCUT2D eigenvalue weighted by molar-refractivity contribution is 5.72. The first-order valence-corrected chi connectivity index (χ1v) is 5.52. The topological polar surface area (TPSA) is 51.8 Å². The molecule has 2 heterocycles. The second kappa shape index (κ2) is 4.33. The Morgan fingerprint density at radius 1 is 0.941 bits per heavy atom. The van der Waals surface area contributed by atoms with Crippen molar-refractivity contribution in [3.05, 3.63) is 54.4 Å². The Hall–Kier alpha value is -2.23. The van der Waals surface area contributed by atoms with Gasteiger partial charge in [-0.3, -0.25) is 0 Å². The predicted molar refractivity (Wildman–Crippen MR) is 63.4 cm³/mol. The number of fused-ring (bicyclic) bond motifs is 1. The van der Waals surface area contributed by atoms with E-state index in [0.29, 0.717) is 0 Å². The van der Waals surface area contributed by atoms with Gasteiger partial charge >= 0.3 is 0 Å². The molecule has 17 heavy (non-hydrogen) atoms. The van der Waals surface area contributed by atoms with Crippen molar-refractivity contribution >= 4 is 11.1 Å². The zero-order valence-corrected chi connectivity index (χ0v) is 9.21. The molecular formula is C13H11N3O. The lowest BCUT2D eigenvalue weighted by molar-refractivity contribution is 0.525. The van der Waals surface area contributed by atoms with Crippen molar-refractivity contribution in [2.75, 3.05) is 0 Å². The van der Waals surface area contributed by atoms with Gasteiger partial charge in [0.2, 0.25) is 0 Å². The third-order valence-electron chi connectivity index (χ3n) is 2.52. The van der Waals surface area contributed by atoms with Gasteiger partial charge in [0, 0.05) is 25.2 Å². The van der Waals surface area contributed by atoms with Crippen molar-refractivity contribution < 1.29 is 4.42 Å². The van der Waals surface area contributed by atoms with E-state index in [1.807, 2.05) is 30.3 Å². The van der Waals surface area contributed by atoms with E-state index in [-0.39, 0.29) is 0 Å². The molecule has 3 aromatic rings. The molecule has 4 nitrogen and oxygen atoms in total. The van der Waals surface area contributed by atoms with Crippen molar-refractivity contribution in [2.45, 2.75) is 12.8 Å². The Morgan fingerprint density at radius 3 is 2.59 bits per heavy atom. The highest BCUT2D eigenvalue weighted by atomic mass is 16.3. The predicted octanol–water partition coefficient (Wildman–Crippen LogP) is 2.40. The number of nitrogens with zero attached hydrogens (tertiary/aromatic N) is 3. The Morgan fingerprint density at radius 2 is 1.76 bits per heavy atom. The molecular weight excluding hydrogens is 214 g/mol. The SMILES string of the molecule is c1cnc(CCc2nc3ccccc3o2)nc1. The van der Waals surface area contributed by atoms with Crippen molar-refractivity contribution in [2.24, 2.45) is 0 Å². The van der Waals surface area contributed by atoms with Gasteiger partial charge in [0.05, 0.1) is 0 Å². The molecule has 0 spiro atoms. The molecule has 0 saturated heterocycles. The molecule has 0 bridgehead atoms. The van der Waals surface area contributed by atoms with Gasteiger partial charge in [0.15, 0.2) is 11.5 Å². The number of rotatable bonds is 3. The molecule has 3 rings (SSSR count). The number of para-hydroxylation sites is 2. The van der Waals surface area contributed by atoms with Gasteiger partial charge in [-0.05, 0) is 18.2 Å². The second-order valence-electron chi connectivity index (χ2n) is 3.74. The van der Waals surface area contributed by atoms with Crippen LogP contribution in [0.3, 0.4) is 0 Å². The van der Waals surface area contributed by atoms with E-state index in [9.17, 15) is 0 Å². The van der Waals surface area contributed by atoms with Crippen LogP contribution in [0.15, 0.2) is 47.1 Å². The minimum atomic E-state index is 0.721. The van der Waals surface area contributed by atoms with E-state index in [0.717, 1.165) is 35.7 Å². The van der Waals surface area contributed by atoms with E-state index in [1.54, 1.807) is 12.4 Å². The van der Waals surface area contributed by atoms with Crippen molar-refractivity contribution in [1.29, 1.82) is 0 Å². The van der Waals surface area contributed by atoms with Gasteiger partial charge < -0.3 is 4.42 Å². The molecule has 0 fully saturated rings. The van der Waals surface area contributed by atoms with E-state index >= 15 is 0 Å². The fourth-order valence-electron chi connectivity index (χ4n) is 1.70. The summed E-state index contributed by atoms with van der Waals surface area (Å²) < 4.78 is 5.62. The highest BCUT2D eigenvalue weighted by Gasteiger charge is 2.05.